The molecule has 9 heteroatoms. The van der Waals surface area contributed by atoms with Gasteiger partial charge in [-0.3, -0.25) is 19.5 Å². The van der Waals surface area contributed by atoms with Crippen molar-refractivity contribution in [1.29, 1.82) is 0 Å². The van der Waals surface area contributed by atoms with E-state index in [0.717, 1.165) is 10.3 Å². The number of rotatable bonds is 6. The summed E-state index contributed by atoms with van der Waals surface area (Å²) in [5.74, 6) is -0.980. The fourth-order valence-electron chi connectivity index (χ4n) is 4.18. The summed E-state index contributed by atoms with van der Waals surface area (Å²) in [7, 11) is 0. The number of halogens is 1. The lowest BCUT2D eigenvalue weighted by atomic mass is 9.96. The topological polar surface area (TPSA) is 92.6 Å². The molecular formula is C28H24ClN3O4S. The van der Waals surface area contributed by atoms with Crippen LogP contribution in [-0.4, -0.2) is 33.4 Å². The average Bonchev–Trinajstić information content (AvgIpc) is 3.40. The molecule has 2 aromatic heterocycles. The van der Waals surface area contributed by atoms with Crippen LogP contribution in [0.4, 0.5) is 5.13 Å². The van der Waals surface area contributed by atoms with Crippen LogP contribution in [0, 0.1) is 12.8 Å². The molecular weight excluding hydrogens is 510 g/mol. The molecule has 1 unspecified atom stereocenters. The van der Waals surface area contributed by atoms with E-state index in [2.05, 4.69) is 9.97 Å². The predicted molar refractivity (Wildman–Crippen MR) is 145 cm³/mol. The lowest BCUT2D eigenvalue weighted by molar-refractivity contribution is -0.132. The monoisotopic (exact) mass is 533 g/mol. The lowest BCUT2D eigenvalue weighted by Gasteiger charge is -2.22. The van der Waals surface area contributed by atoms with Gasteiger partial charge in [-0.05, 0) is 54.3 Å². The van der Waals surface area contributed by atoms with E-state index in [1.807, 2.05) is 26.8 Å². The van der Waals surface area contributed by atoms with E-state index in [1.54, 1.807) is 54.9 Å². The first-order chi connectivity index (χ1) is 17.7. The number of fused-ring (bicyclic) bond motifs is 1. The number of amides is 1. The summed E-state index contributed by atoms with van der Waals surface area (Å²) >= 11 is 7.57. The number of Topliss-reactive ketones (excluding diaryl/α,β-unsaturated/α-hetero) is 1. The maximum atomic E-state index is 13.4. The van der Waals surface area contributed by atoms with E-state index in [0.29, 0.717) is 45.1 Å². The number of ketones is 1. The van der Waals surface area contributed by atoms with Gasteiger partial charge in [0.15, 0.2) is 5.13 Å². The first kappa shape index (κ1) is 24.9. The highest BCUT2D eigenvalue weighted by molar-refractivity contribution is 7.22. The number of hydrogen-bond donors (Lipinski definition) is 1. The maximum absolute atomic E-state index is 13.4. The summed E-state index contributed by atoms with van der Waals surface area (Å²) in [6.45, 7) is 6.47. The molecule has 1 atom stereocenters. The number of thiazole rings is 1. The number of aryl methyl sites for hydroxylation is 1. The first-order valence-corrected chi connectivity index (χ1v) is 12.9. The molecule has 4 aromatic rings. The van der Waals surface area contributed by atoms with E-state index in [4.69, 9.17) is 16.3 Å². The second-order valence-corrected chi connectivity index (χ2v) is 10.7. The number of carbonyl (C=O) groups excluding carboxylic acids is 2. The second kappa shape index (κ2) is 9.95. The Bertz CT molecular complexity index is 1510. The number of nitrogens with zero attached hydrogens (tertiary/aromatic N) is 3. The second-order valence-electron chi connectivity index (χ2n) is 9.25. The molecule has 37 heavy (non-hydrogen) atoms. The van der Waals surface area contributed by atoms with Crippen molar-refractivity contribution in [3.8, 4) is 5.75 Å². The van der Waals surface area contributed by atoms with Crippen LogP contribution in [-0.2, 0) is 9.59 Å². The van der Waals surface area contributed by atoms with Crippen LogP contribution >= 0.6 is 22.9 Å². The Kier molecular flexibility index (Phi) is 6.70. The van der Waals surface area contributed by atoms with Crippen LogP contribution < -0.4 is 9.64 Å². The van der Waals surface area contributed by atoms with Crippen molar-refractivity contribution in [3.63, 3.8) is 0 Å². The van der Waals surface area contributed by atoms with Gasteiger partial charge in [0.1, 0.15) is 11.5 Å². The maximum Gasteiger partial charge on any atom is 0.301 e. The van der Waals surface area contributed by atoms with Crippen LogP contribution in [0.25, 0.3) is 16.0 Å². The van der Waals surface area contributed by atoms with Gasteiger partial charge in [-0.15, -0.1) is 0 Å². The molecule has 188 valence electrons. The van der Waals surface area contributed by atoms with Crippen molar-refractivity contribution in [2.75, 3.05) is 11.5 Å². The van der Waals surface area contributed by atoms with Gasteiger partial charge >= 0.3 is 5.91 Å². The molecule has 1 amide bonds. The van der Waals surface area contributed by atoms with E-state index < -0.39 is 17.7 Å². The zero-order chi connectivity index (χ0) is 26.3. The largest absolute Gasteiger partial charge is 0.507 e. The Morgan fingerprint density at radius 2 is 2.00 bits per heavy atom. The lowest BCUT2D eigenvalue weighted by Crippen LogP contribution is -2.29. The number of ether oxygens (including phenoxy) is 1. The van der Waals surface area contributed by atoms with Crippen molar-refractivity contribution in [1.82, 2.24) is 9.97 Å². The molecule has 1 N–H and O–H groups in total. The molecule has 0 radical (unpaired) electrons. The number of aromatic nitrogens is 2. The van der Waals surface area contributed by atoms with E-state index in [-0.39, 0.29) is 11.3 Å². The first-order valence-electron chi connectivity index (χ1n) is 11.8. The molecule has 7 nitrogen and oxygen atoms in total. The Morgan fingerprint density at radius 1 is 1.19 bits per heavy atom. The Hall–Kier alpha value is -3.75. The number of hydrogen-bond acceptors (Lipinski definition) is 7. The van der Waals surface area contributed by atoms with Gasteiger partial charge in [-0.1, -0.05) is 55.0 Å². The number of anilines is 1. The standard InChI is InChI=1S/C28H24ClN3O4S/c1-15(2)14-36-19-8-4-6-17(11-19)25(33)23-24(18-7-5-9-30-13-18)32(27(35)26(23)34)28-31-21-12-20(29)16(3)10-22(21)37-28/h4-13,15,24,33H,14H2,1-3H3/b25-23+. The molecule has 5 rings (SSSR count). The number of benzene rings is 2. The number of carbonyl (C=O) groups is 2. The van der Waals surface area contributed by atoms with Gasteiger partial charge in [0.25, 0.3) is 5.78 Å². The summed E-state index contributed by atoms with van der Waals surface area (Å²) in [5.41, 5.74) is 2.42. The van der Waals surface area contributed by atoms with Crippen molar-refractivity contribution in [2.45, 2.75) is 26.8 Å². The summed E-state index contributed by atoms with van der Waals surface area (Å²) < 4.78 is 6.63. The third-order valence-corrected chi connectivity index (χ3v) is 7.42. The Balaban J connectivity index is 1.65. The van der Waals surface area contributed by atoms with Gasteiger partial charge in [0, 0.05) is 23.0 Å². The van der Waals surface area contributed by atoms with Crippen LogP contribution in [0.15, 0.2) is 66.5 Å². The molecule has 0 bridgehead atoms. The van der Waals surface area contributed by atoms with Gasteiger partial charge in [-0.2, -0.15) is 0 Å². The molecule has 1 aliphatic rings. The minimum atomic E-state index is -0.911. The highest BCUT2D eigenvalue weighted by Crippen LogP contribution is 2.44. The molecule has 0 saturated carbocycles. The zero-order valence-corrected chi connectivity index (χ0v) is 22.0. The van der Waals surface area contributed by atoms with Crippen molar-refractivity contribution < 1.29 is 19.4 Å². The quantitative estimate of drug-likeness (QED) is 0.177. The van der Waals surface area contributed by atoms with Crippen LogP contribution in [0.2, 0.25) is 5.02 Å². The van der Waals surface area contributed by atoms with E-state index in [9.17, 15) is 14.7 Å². The van der Waals surface area contributed by atoms with Crippen LogP contribution in [0.1, 0.15) is 36.6 Å². The van der Waals surface area contributed by atoms with Crippen molar-refractivity contribution in [3.05, 3.63) is 88.2 Å². The number of aliphatic hydroxyl groups excluding tert-OH is 1. The normalized spacial score (nSPS) is 17.2. The Labute approximate surface area is 223 Å². The zero-order valence-electron chi connectivity index (χ0n) is 20.4. The van der Waals surface area contributed by atoms with E-state index >= 15 is 0 Å². The highest BCUT2D eigenvalue weighted by atomic mass is 35.5. The molecule has 0 aliphatic carbocycles. The van der Waals surface area contributed by atoms with Gasteiger partial charge in [0.05, 0.1) is 28.4 Å². The number of pyridine rings is 1. The van der Waals surface area contributed by atoms with Crippen LogP contribution in [0.3, 0.4) is 0 Å². The van der Waals surface area contributed by atoms with Gasteiger partial charge in [-0.25, -0.2) is 4.98 Å². The van der Waals surface area contributed by atoms with Crippen molar-refractivity contribution >= 4 is 55.7 Å². The molecule has 3 heterocycles. The minimum Gasteiger partial charge on any atom is -0.507 e. The third kappa shape index (κ3) is 4.70. The van der Waals surface area contributed by atoms with Crippen LogP contribution in [0.5, 0.6) is 5.75 Å². The fraction of sp³-hybridized carbons (Fsp3) is 0.214. The number of aliphatic hydroxyl groups is 1. The smallest absolute Gasteiger partial charge is 0.301 e. The fourth-order valence-corrected chi connectivity index (χ4v) is 5.41. The minimum absolute atomic E-state index is 0.0347. The molecule has 2 aromatic carbocycles. The van der Waals surface area contributed by atoms with Crippen molar-refractivity contribution in [2.24, 2.45) is 5.92 Å². The average molecular weight is 534 g/mol. The predicted octanol–water partition coefficient (Wildman–Crippen LogP) is 6.31. The van der Waals surface area contributed by atoms with Gasteiger partial charge in [0.2, 0.25) is 0 Å². The van der Waals surface area contributed by atoms with E-state index in [1.165, 1.54) is 16.2 Å². The third-order valence-electron chi connectivity index (χ3n) is 6.00. The summed E-state index contributed by atoms with van der Waals surface area (Å²) in [6.07, 6.45) is 3.18. The molecule has 1 fully saturated rings. The summed E-state index contributed by atoms with van der Waals surface area (Å²) in [6, 6.07) is 13.1. The highest BCUT2D eigenvalue weighted by Gasteiger charge is 2.48. The summed E-state index contributed by atoms with van der Waals surface area (Å²) in [5, 5.41) is 12.3. The molecule has 1 aliphatic heterocycles. The molecule has 1 saturated heterocycles. The Morgan fingerprint density at radius 3 is 2.73 bits per heavy atom. The summed E-state index contributed by atoms with van der Waals surface area (Å²) in [4.78, 5) is 37.0. The molecule has 0 spiro atoms. The van der Waals surface area contributed by atoms with Gasteiger partial charge < -0.3 is 9.84 Å². The SMILES string of the molecule is Cc1cc2sc(N3C(=O)C(=O)/C(=C(/O)c4cccc(OCC(C)C)c4)C3c3cccnc3)nc2cc1Cl.